The van der Waals surface area contributed by atoms with E-state index in [0.717, 1.165) is 17.5 Å². The summed E-state index contributed by atoms with van der Waals surface area (Å²) in [5.41, 5.74) is 2.28. The van der Waals surface area contributed by atoms with Crippen molar-refractivity contribution >= 4 is 16.9 Å². The molecule has 0 saturated carbocycles. The third-order valence-corrected chi connectivity index (χ3v) is 3.41. The number of carbonyl (C=O) groups excluding carboxylic acids is 1. The molecule has 0 aliphatic rings. The van der Waals surface area contributed by atoms with Gasteiger partial charge in [0.2, 0.25) is 0 Å². The summed E-state index contributed by atoms with van der Waals surface area (Å²) in [4.78, 5) is 15.0. The first-order valence-corrected chi connectivity index (χ1v) is 6.98. The summed E-state index contributed by atoms with van der Waals surface area (Å²) in [6.45, 7) is 4.84. The van der Waals surface area contributed by atoms with E-state index < -0.39 is 0 Å². The van der Waals surface area contributed by atoms with Crippen molar-refractivity contribution in [1.29, 1.82) is 0 Å². The average molecular weight is 274 g/mol. The van der Waals surface area contributed by atoms with Gasteiger partial charge in [-0.05, 0) is 29.4 Å². The number of nitrogens with one attached hydrogen (secondary N) is 2. The molecule has 2 N–H and O–H groups in total. The molecule has 0 spiro atoms. The summed E-state index contributed by atoms with van der Waals surface area (Å²) in [5.74, 6) is 0.241. The van der Waals surface area contributed by atoms with Crippen LogP contribution in [0.5, 0.6) is 0 Å². The van der Waals surface area contributed by atoms with Gasteiger partial charge in [-0.3, -0.25) is 4.79 Å². The van der Waals surface area contributed by atoms with Gasteiger partial charge >= 0.3 is 5.97 Å². The monoisotopic (exact) mass is 274 g/mol. The lowest BCUT2D eigenvalue weighted by Gasteiger charge is -2.18. The lowest BCUT2D eigenvalue weighted by molar-refractivity contribution is -0.143. The first-order chi connectivity index (χ1) is 9.61. The van der Waals surface area contributed by atoms with Gasteiger partial charge in [-0.15, -0.1) is 0 Å². The minimum Gasteiger partial charge on any atom is -0.468 e. The number of aromatic nitrogens is 1. The zero-order chi connectivity index (χ0) is 14.5. The lowest BCUT2D eigenvalue weighted by atomic mass is 10.0. The van der Waals surface area contributed by atoms with Crippen LogP contribution in [0.3, 0.4) is 0 Å². The summed E-state index contributed by atoms with van der Waals surface area (Å²) in [6.07, 6.45) is 2.70. The maximum absolute atomic E-state index is 11.8. The third kappa shape index (κ3) is 3.39. The number of carbonyl (C=O) groups is 1. The number of fused-ring (bicyclic) bond motifs is 1. The number of esters is 1. The maximum atomic E-state index is 11.8. The number of para-hydroxylation sites is 1. The molecule has 0 bridgehead atoms. The van der Waals surface area contributed by atoms with Crippen molar-refractivity contribution in [2.45, 2.75) is 32.9 Å². The molecule has 0 fully saturated rings. The Balaban J connectivity index is 2.08. The predicted molar refractivity (Wildman–Crippen MR) is 80.4 cm³/mol. The minimum atomic E-state index is -0.259. The SMILES string of the molecule is COC(=O)C(CC(C)C)NCc1cccc2cc[nH]c12. The van der Waals surface area contributed by atoms with Crippen LogP contribution in [0.15, 0.2) is 30.5 Å². The van der Waals surface area contributed by atoms with Gasteiger partial charge < -0.3 is 15.0 Å². The number of hydrogen-bond acceptors (Lipinski definition) is 3. The van der Waals surface area contributed by atoms with Crippen molar-refractivity contribution in [3.63, 3.8) is 0 Å². The number of ether oxygens (including phenoxy) is 1. The van der Waals surface area contributed by atoms with Crippen LogP contribution in [0.2, 0.25) is 0 Å². The second-order valence-corrected chi connectivity index (χ2v) is 5.45. The Morgan fingerprint density at radius 1 is 1.35 bits per heavy atom. The van der Waals surface area contributed by atoms with E-state index in [1.807, 2.05) is 18.3 Å². The van der Waals surface area contributed by atoms with Gasteiger partial charge in [-0.25, -0.2) is 0 Å². The van der Waals surface area contributed by atoms with Crippen LogP contribution in [-0.2, 0) is 16.1 Å². The summed E-state index contributed by atoms with van der Waals surface area (Å²) in [7, 11) is 1.43. The molecule has 0 saturated heterocycles. The van der Waals surface area contributed by atoms with E-state index in [-0.39, 0.29) is 12.0 Å². The highest BCUT2D eigenvalue weighted by molar-refractivity contribution is 5.82. The second-order valence-electron chi connectivity index (χ2n) is 5.45. The van der Waals surface area contributed by atoms with E-state index in [2.05, 4.69) is 36.3 Å². The zero-order valence-electron chi connectivity index (χ0n) is 12.3. The largest absolute Gasteiger partial charge is 0.468 e. The van der Waals surface area contributed by atoms with Crippen LogP contribution >= 0.6 is 0 Å². The number of methoxy groups -OCH3 is 1. The fourth-order valence-electron chi connectivity index (χ4n) is 2.41. The fourth-order valence-corrected chi connectivity index (χ4v) is 2.41. The van der Waals surface area contributed by atoms with Gasteiger partial charge in [-0.1, -0.05) is 32.0 Å². The highest BCUT2D eigenvalue weighted by Gasteiger charge is 2.20. The summed E-state index contributed by atoms with van der Waals surface area (Å²) in [6, 6.07) is 7.95. The number of aromatic amines is 1. The van der Waals surface area contributed by atoms with Gasteiger partial charge in [0, 0.05) is 18.3 Å². The standard InChI is InChI=1S/C16H22N2O2/c1-11(2)9-14(16(19)20-3)18-10-13-6-4-5-12-7-8-17-15(12)13/h4-8,11,14,17-18H,9-10H2,1-3H3. The molecule has 0 radical (unpaired) electrons. The van der Waals surface area contributed by atoms with E-state index in [9.17, 15) is 4.79 Å². The molecule has 108 valence electrons. The van der Waals surface area contributed by atoms with Crippen molar-refractivity contribution in [3.8, 4) is 0 Å². The smallest absolute Gasteiger partial charge is 0.322 e. The predicted octanol–water partition coefficient (Wildman–Crippen LogP) is 2.85. The number of hydrogen-bond donors (Lipinski definition) is 2. The molecule has 1 aromatic carbocycles. The van der Waals surface area contributed by atoms with Gasteiger partial charge in [0.05, 0.1) is 7.11 Å². The number of benzene rings is 1. The topological polar surface area (TPSA) is 54.1 Å². The van der Waals surface area contributed by atoms with Gasteiger partial charge in [0.1, 0.15) is 6.04 Å². The summed E-state index contributed by atoms with van der Waals surface area (Å²) in [5, 5.41) is 4.49. The van der Waals surface area contributed by atoms with E-state index in [1.165, 1.54) is 12.5 Å². The van der Waals surface area contributed by atoms with E-state index in [1.54, 1.807) is 0 Å². The molecule has 20 heavy (non-hydrogen) atoms. The van der Waals surface area contributed by atoms with Gasteiger partial charge in [0.15, 0.2) is 0 Å². The molecule has 1 aromatic heterocycles. The fraction of sp³-hybridized carbons (Fsp3) is 0.438. The van der Waals surface area contributed by atoms with Crippen LogP contribution < -0.4 is 5.32 Å². The Bertz CT molecular complexity index is 575. The maximum Gasteiger partial charge on any atom is 0.322 e. The van der Waals surface area contributed by atoms with Crippen molar-refractivity contribution in [2.75, 3.05) is 7.11 Å². The van der Waals surface area contributed by atoms with E-state index >= 15 is 0 Å². The van der Waals surface area contributed by atoms with Crippen molar-refractivity contribution in [3.05, 3.63) is 36.0 Å². The second kappa shape index (κ2) is 6.57. The normalized spacial score (nSPS) is 12.8. The number of rotatable bonds is 6. The van der Waals surface area contributed by atoms with Crippen LogP contribution in [0.1, 0.15) is 25.8 Å². The Morgan fingerprint density at radius 2 is 2.15 bits per heavy atom. The zero-order valence-corrected chi connectivity index (χ0v) is 12.3. The molecule has 1 heterocycles. The molecular formula is C16H22N2O2. The van der Waals surface area contributed by atoms with Crippen molar-refractivity contribution < 1.29 is 9.53 Å². The minimum absolute atomic E-state index is 0.197. The van der Waals surface area contributed by atoms with E-state index in [4.69, 9.17) is 4.74 Å². The highest BCUT2D eigenvalue weighted by Crippen LogP contribution is 2.17. The van der Waals surface area contributed by atoms with Gasteiger partial charge in [-0.2, -0.15) is 0 Å². The Morgan fingerprint density at radius 3 is 2.85 bits per heavy atom. The molecule has 0 aliphatic carbocycles. The quantitative estimate of drug-likeness (QED) is 0.796. The Labute approximate surface area is 119 Å². The van der Waals surface area contributed by atoms with Gasteiger partial charge in [0.25, 0.3) is 0 Å². The molecule has 4 nitrogen and oxygen atoms in total. The molecular weight excluding hydrogens is 252 g/mol. The first kappa shape index (κ1) is 14.6. The van der Waals surface area contributed by atoms with Crippen LogP contribution in [0.4, 0.5) is 0 Å². The molecule has 2 aromatic rings. The molecule has 0 amide bonds. The van der Waals surface area contributed by atoms with Crippen molar-refractivity contribution in [1.82, 2.24) is 10.3 Å². The molecule has 0 aliphatic heterocycles. The molecule has 4 heteroatoms. The Kier molecular flexibility index (Phi) is 4.79. The summed E-state index contributed by atoms with van der Waals surface area (Å²) >= 11 is 0. The third-order valence-electron chi connectivity index (χ3n) is 3.41. The molecule has 2 rings (SSSR count). The lowest BCUT2D eigenvalue weighted by Crippen LogP contribution is -2.38. The number of H-pyrrole nitrogens is 1. The Hall–Kier alpha value is -1.81. The molecule has 1 atom stereocenters. The first-order valence-electron chi connectivity index (χ1n) is 6.98. The van der Waals surface area contributed by atoms with E-state index in [0.29, 0.717) is 12.5 Å². The summed E-state index contributed by atoms with van der Waals surface area (Å²) < 4.78 is 4.86. The van der Waals surface area contributed by atoms with Crippen LogP contribution in [-0.4, -0.2) is 24.1 Å². The van der Waals surface area contributed by atoms with Crippen LogP contribution in [0, 0.1) is 5.92 Å². The van der Waals surface area contributed by atoms with Crippen molar-refractivity contribution in [2.24, 2.45) is 5.92 Å². The highest BCUT2D eigenvalue weighted by atomic mass is 16.5. The average Bonchev–Trinajstić information content (AvgIpc) is 2.91. The molecule has 1 unspecified atom stereocenters. The van der Waals surface area contributed by atoms with Crippen LogP contribution in [0.25, 0.3) is 10.9 Å².